The minimum atomic E-state index is -0.0951. The van der Waals surface area contributed by atoms with E-state index >= 15 is 0 Å². The second-order valence-corrected chi connectivity index (χ2v) is 5.25. The molecule has 0 radical (unpaired) electrons. The van der Waals surface area contributed by atoms with Gasteiger partial charge in [-0.2, -0.15) is 0 Å². The second-order valence-electron chi connectivity index (χ2n) is 5.25. The van der Waals surface area contributed by atoms with Crippen molar-refractivity contribution in [1.82, 2.24) is 5.32 Å². The summed E-state index contributed by atoms with van der Waals surface area (Å²) in [4.78, 5) is 0. The first-order valence-electron chi connectivity index (χ1n) is 6.48. The third-order valence-electron chi connectivity index (χ3n) is 3.69. The molecule has 0 saturated carbocycles. The van der Waals surface area contributed by atoms with Crippen molar-refractivity contribution in [1.29, 1.82) is 0 Å². The Balaban J connectivity index is 2.84. The molecule has 17 heavy (non-hydrogen) atoms. The summed E-state index contributed by atoms with van der Waals surface area (Å²) in [6, 6.07) is 7.38. The zero-order valence-corrected chi connectivity index (χ0v) is 11.4. The molecule has 0 aliphatic heterocycles. The van der Waals surface area contributed by atoms with Crippen molar-refractivity contribution >= 4 is 0 Å². The van der Waals surface area contributed by atoms with Crippen molar-refractivity contribution in [2.75, 3.05) is 6.54 Å². The van der Waals surface area contributed by atoms with Gasteiger partial charge >= 0.3 is 0 Å². The van der Waals surface area contributed by atoms with E-state index in [2.05, 4.69) is 33.0 Å². The fraction of sp³-hybridized carbons (Fsp3) is 0.600. The lowest BCUT2D eigenvalue weighted by Gasteiger charge is -2.34. The summed E-state index contributed by atoms with van der Waals surface area (Å²) in [6.07, 6.45) is 1.83. The van der Waals surface area contributed by atoms with Crippen LogP contribution in [0.15, 0.2) is 24.3 Å². The van der Waals surface area contributed by atoms with E-state index in [-0.39, 0.29) is 11.2 Å². The van der Waals surface area contributed by atoms with Gasteiger partial charge in [0.15, 0.2) is 0 Å². The number of benzene rings is 1. The number of likely N-dealkylation sites (N-methyl/N-ethyl adjacent to an activating group) is 1. The molecule has 1 aromatic carbocycles. The van der Waals surface area contributed by atoms with Gasteiger partial charge < -0.3 is 5.32 Å². The van der Waals surface area contributed by atoms with Gasteiger partial charge in [0.1, 0.15) is 5.82 Å². The van der Waals surface area contributed by atoms with Crippen molar-refractivity contribution in [2.45, 2.75) is 46.6 Å². The first kappa shape index (κ1) is 14.2. The van der Waals surface area contributed by atoms with Crippen LogP contribution in [-0.2, 0) is 6.42 Å². The van der Waals surface area contributed by atoms with Crippen molar-refractivity contribution in [3.8, 4) is 0 Å². The molecule has 0 fully saturated rings. The van der Waals surface area contributed by atoms with Gasteiger partial charge in [0, 0.05) is 6.04 Å². The molecule has 0 aliphatic carbocycles. The summed E-state index contributed by atoms with van der Waals surface area (Å²) in [7, 11) is 0. The zero-order chi connectivity index (χ0) is 12.9. The molecule has 1 unspecified atom stereocenters. The predicted octanol–water partition coefficient (Wildman–Crippen LogP) is 3.78. The van der Waals surface area contributed by atoms with Gasteiger partial charge in [0.2, 0.25) is 0 Å². The molecular formula is C15H24FN. The fourth-order valence-corrected chi connectivity index (χ4v) is 2.00. The van der Waals surface area contributed by atoms with Crippen LogP contribution in [0.1, 0.15) is 39.7 Å². The van der Waals surface area contributed by atoms with Crippen molar-refractivity contribution in [3.05, 3.63) is 35.6 Å². The highest BCUT2D eigenvalue weighted by molar-refractivity contribution is 5.19. The summed E-state index contributed by atoms with van der Waals surface area (Å²) in [5.41, 5.74) is 0.984. The van der Waals surface area contributed by atoms with Crippen LogP contribution in [-0.4, -0.2) is 12.6 Å². The Bertz CT molecular complexity index is 347. The molecule has 1 aromatic rings. The number of halogens is 1. The van der Waals surface area contributed by atoms with E-state index in [1.165, 1.54) is 6.07 Å². The third kappa shape index (κ3) is 3.81. The summed E-state index contributed by atoms with van der Waals surface area (Å²) in [6.45, 7) is 9.68. The lowest BCUT2D eigenvalue weighted by molar-refractivity contribution is 0.231. The number of rotatable bonds is 6. The lowest BCUT2D eigenvalue weighted by atomic mass is 9.79. The van der Waals surface area contributed by atoms with Crippen molar-refractivity contribution in [2.24, 2.45) is 5.41 Å². The standard InChI is InChI=1S/C15H24FN/c1-5-15(3,4)14(17-6-2)11-12-9-7-8-10-13(12)16/h7-10,14,17H,5-6,11H2,1-4H3. The van der Waals surface area contributed by atoms with Crippen LogP contribution >= 0.6 is 0 Å². The minimum Gasteiger partial charge on any atom is -0.313 e. The molecule has 1 atom stereocenters. The van der Waals surface area contributed by atoms with Gasteiger partial charge in [0.05, 0.1) is 0 Å². The van der Waals surface area contributed by atoms with Gasteiger partial charge in [0.25, 0.3) is 0 Å². The Morgan fingerprint density at radius 1 is 1.24 bits per heavy atom. The van der Waals surface area contributed by atoms with E-state index in [0.717, 1.165) is 24.9 Å². The smallest absolute Gasteiger partial charge is 0.126 e. The van der Waals surface area contributed by atoms with E-state index in [9.17, 15) is 4.39 Å². The lowest BCUT2D eigenvalue weighted by Crippen LogP contribution is -2.43. The van der Waals surface area contributed by atoms with E-state index < -0.39 is 0 Å². The maximum Gasteiger partial charge on any atom is 0.126 e. The van der Waals surface area contributed by atoms with Crippen LogP contribution in [0.5, 0.6) is 0 Å². The Hall–Kier alpha value is -0.890. The molecule has 1 N–H and O–H groups in total. The maximum absolute atomic E-state index is 13.7. The molecule has 0 aromatic heterocycles. The minimum absolute atomic E-state index is 0.0951. The summed E-state index contributed by atoms with van der Waals surface area (Å²) >= 11 is 0. The first-order chi connectivity index (χ1) is 8.01. The molecule has 0 saturated heterocycles. The monoisotopic (exact) mass is 237 g/mol. The molecule has 1 rings (SSSR count). The Kier molecular flexibility index (Phi) is 5.13. The first-order valence-corrected chi connectivity index (χ1v) is 6.48. The summed E-state index contributed by atoms with van der Waals surface area (Å²) in [5, 5.41) is 3.48. The molecule has 0 amide bonds. The quantitative estimate of drug-likeness (QED) is 0.794. The summed E-state index contributed by atoms with van der Waals surface area (Å²) in [5.74, 6) is -0.0951. The van der Waals surface area contributed by atoms with Crippen molar-refractivity contribution < 1.29 is 4.39 Å². The van der Waals surface area contributed by atoms with Crippen molar-refractivity contribution in [3.63, 3.8) is 0 Å². The highest BCUT2D eigenvalue weighted by Crippen LogP contribution is 2.27. The van der Waals surface area contributed by atoms with Crippen LogP contribution in [0, 0.1) is 11.2 Å². The third-order valence-corrected chi connectivity index (χ3v) is 3.69. The molecule has 0 spiro atoms. The normalized spacial score (nSPS) is 13.7. The molecule has 0 bridgehead atoms. The molecule has 0 heterocycles. The molecule has 0 aliphatic rings. The van der Waals surface area contributed by atoms with Gasteiger partial charge in [-0.15, -0.1) is 0 Å². The Morgan fingerprint density at radius 2 is 1.88 bits per heavy atom. The Labute approximate surface area is 104 Å². The molecular weight excluding hydrogens is 213 g/mol. The van der Waals surface area contributed by atoms with Crippen LogP contribution in [0.4, 0.5) is 4.39 Å². The van der Waals surface area contributed by atoms with Crippen LogP contribution in [0.2, 0.25) is 0 Å². The van der Waals surface area contributed by atoms with Gasteiger partial charge in [-0.05, 0) is 36.4 Å². The largest absolute Gasteiger partial charge is 0.313 e. The van der Waals surface area contributed by atoms with Crippen LogP contribution < -0.4 is 5.32 Å². The maximum atomic E-state index is 13.7. The number of hydrogen-bond donors (Lipinski definition) is 1. The molecule has 1 nitrogen and oxygen atoms in total. The average molecular weight is 237 g/mol. The van der Waals surface area contributed by atoms with Gasteiger partial charge in [-0.1, -0.05) is 45.9 Å². The van der Waals surface area contributed by atoms with E-state index in [1.807, 2.05) is 12.1 Å². The highest BCUT2D eigenvalue weighted by Gasteiger charge is 2.27. The topological polar surface area (TPSA) is 12.0 Å². The highest BCUT2D eigenvalue weighted by atomic mass is 19.1. The van der Waals surface area contributed by atoms with E-state index in [0.29, 0.717) is 6.04 Å². The number of nitrogens with one attached hydrogen (secondary N) is 1. The average Bonchev–Trinajstić information content (AvgIpc) is 2.31. The van der Waals surface area contributed by atoms with E-state index in [4.69, 9.17) is 0 Å². The van der Waals surface area contributed by atoms with E-state index in [1.54, 1.807) is 6.07 Å². The molecule has 96 valence electrons. The number of hydrogen-bond acceptors (Lipinski definition) is 1. The van der Waals surface area contributed by atoms with Crippen LogP contribution in [0.3, 0.4) is 0 Å². The fourth-order valence-electron chi connectivity index (χ4n) is 2.00. The van der Waals surface area contributed by atoms with Crippen LogP contribution in [0.25, 0.3) is 0 Å². The second kappa shape index (κ2) is 6.15. The van der Waals surface area contributed by atoms with Gasteiger partial charge in [-0.3, -0.25) is 0 Å². The Morgan fingerprint density at radius 3 is 2.41 bits per heavy atom. The zero-order valence-electron chi connectivity index (χ0n) is 11.4. The van der Waals surface area contributed by atoms with Gasteiger partial charge in [-0.25, -0.2) is 4.39 Å². The molecule has 2 heteroatoms. The predicted molar refractivity (Wildman–Crippen MR) is 71.6 cm³/mol. The summed E-state index contributed by atoms with van der Waals surface area (Å²) < 4.78 is 13.7. The SMILES string of the molecule is CCNC(Cc1ccccc1F)C(C)(C)CC.